The van der Waals surface area contributed by atoms with Crippen LogP contribution >= 0.6 is 12.6 Å². The molecule has 8 heteroatoms. The molecular formula is C32H58N2O5S. The molecule has 1 aliphatic rings. The van der Waals surface area contributed by atoms with Crippen molar-refractivity contribution in [3.63, 3.8) is 0 Å². The Morgan fingerprint density at radius 3 is 2.02 bits per heavy atom. The van der Waals surface area contributed by atoms with E-state index in [-0.39, 0.29) is 23.5 Å². The van der Waals surface area contributed by atoms with Crippen molar-refractivity contribution in [3.8, 4) is 0 Å². The van der Waals surface area contributed by atoms with Gasteiger partial charge < -0.3 is 20.1 Å². The van der Waals surface area contributed by atoms with E-state index < -0.39 is 29.3 Å². The predicted molar refractivity (Wildman–Crippen MR) is 166 cm³/mol. The van der Waals surface area contributed by atoms with Crippen molar-refractivity contribution in [3.05, 3.63) is 12.2 Å². The molecule has 0 aliphatic carbocycles. The van der Waals surface area contributed by atoms with Gasteiger partial charge >= 0.3 is 0 Å². The van der Waals surface area contributed by atoms with Crippen molar-refractivity contribution >= 4 is 29.6 Å². The molecule has 0 aromatic rings. The number of unbranched alkanes of at least 4 members (excludes halogenated alkanes) is 11. The number of amides is 2. The Balaban J connectivity index is 2.23. The summed E-state index contributed by atoms with van der Waals surface area (Å²) in [7, 11) is 0. The zero-order valence-electron chi connectivity index (χ0n) is 26.2. The summed E-state index contributed by atoms with van der Waals surface area (Å²) in [6, 6.07) is -0.444. The van der Waals surface area contributed by atoms with Gasteiger partial charge in [-0.1, -0.05) is 84.3 Å². The highest BCUT2D eigenvalue weighted by molar-refractivity contribution is 7.96. The standard InChI is InChI=1S/C32H58N2O5S/c1-7-8-9-10-11-12-13-14-15-16-17-18-19-20-21-22-27(35)34-25(2)26(30(37)40)23-33-29(36)28-31(3,4)24-38-32(5,6)39-28/h14-15,25-26,28H,7-13,16-24H2,1-6H3,(H,33,36)(H,34,35)(H,37,40)/b15-14-/t25?,26-,28?/m0/s1. The molecular weight excluding hydrogens is 524 g/mol. The molecule has 1 heterocycles. The number of rotatable bonds is 21. The van der Waals surface area contributed by atoms with Crippen molar-refractivity contribution in [1.29, 1.82) is 0 Å². The average Bonchev–Trinajstić information content (AvgIpc) is 2.87. The third-order valence-corrected chi connectivity index (χ3v) is 7.94. The van der Waals surface area contributed by atoms with Gasteiger partial charge in [0.15, 0.2) is 10.9 Å². The third kappa shape index (κ3) is 15.6. The first-order chi connectivity index (χ1) is 18.9. The Morgan fingerprint density at radius 1 is 0.900 bits per heavy atom. The molecule has 1 rings (SSSR count). The molecule has 3 atom stereocenters. The second-order valence-corrected chi connectivity index (χ2v) is 13.0. The molecule has 232 valence electrons. The van der Waals surface area contributed by atoms with E-state index in [1.165, 1.54) is 57.8 Å². The maximum absolute atomic E-state index is 12.9. The van der Waals surface area contributed by atoms with E-state index in [1.54, 1.807) is 20.8 Å². The summed E-state index contributed by atoms with van der Waals surface area (Å²) in [5.74, 6) is -1.87. The van der Waals surface area contributed by atoms with Crippen LogP contribution in [0.1, 0.15) is 131 Å². The molecule has 2 unspecified atom stereocenters. The summed E-state index contributed by atoms with van der Waals surface area (Å²) >= 11 is 4.01. The third-order valence-electron chi connectivity index (χ3n) is 7.61. The Kier molecular flexibility index (Phi) is 18.0. The van der Waals surface area contributed by atoms with Gasteiger partial charge in [0.25, 0.3) is 0 Å². The lowest BCUT2D eigenvalue weighted by Crippen LogP contribution is -2.57. The Morgan fingerprint density at radius 2 is 1.45 bits per heavy atom. The SMILES string of the molecule is CCCCCCCC/C=C\CCCCCCCC(=O)NC(C)[C@H](CNC(=O)C1OC(C)(C)OCC1(C)C)C(=O)S. The summed E-state index contributed by atoms with van der Waals surface area (Å²) in [6.07, 6.45) is 20.1. The van der Waals surface area contributed by atoms with E-state index in [1.807, 2.05) is 13.8 Å². The lowest BCUT2D eigenvalue weighted by Gasteiger charge is -2.44. The van der Waals surface area contributed by atoms with Gasteiger partial charge in [-0.05, 0) is 52.9 Å². The first kappa shape index (κ1) is 36.6. The first-order valence-corrected chi connectivity index (χ1v) is 16.1. The zero-order valence-corrected chi connectivity index (χ0v) is 27.1. The topological polar surface area (TPSA) is 93.7 Å². The summed E-state index contributed by atoms with van der Waals surface area (Å²) in [5, 5.41) is 5.39. The Labute approximate surface area is 249 Å². The highest BCUT2D eigenvalue weighted by Gasteiger charge is 2.45. The molecule has 1 fully saturated rings. The lowest BCUT2D eigenvalue weighted by molar-refractivity contribution is -0.304. The first-order valence-electron chi connectivity index (χ1n) is 15.7. The Hall–Kier alpha value is -1.38. The number of nitrogens with one attached hydrogen (secondary N) is 2. The largest absolute Gasteiger partial charge is 0.353 e. The number of carbonyl (C=O) groups is 3. The van der Waals surface area contributed by atoms with Crippen LogP contribution in [0.3, 0.4) is 0 Å². The van der Waals surface area contributed by atoms with Crippen LogP contribution in [-0.2, 0) is 23.9 Å². The smallest absolute Gasteiger partial charge is 0.249 e. The average molecular weight is 583 g/mol. The van der Waals surface area contributed by atoms with Gasteiger partial charge in [0.2, 0.25) is 11.8 Å². The van der Waals surface area contributed by atoms with E-state index in [4.69, 9.17) is 9.47 Å². The van der Waals surface area contributed by atoms with E-state index >= 15 is 0 Å². The van der Waals surface area contributed by atoms with Crippen LogP contribution in [0.4, 0.5) is 0 Å². The minimum Gasteiger partial charge on any atom is -0.353 e. The zero-order chi connectivity index (χ0) is 30.0. The van der Waals surface area contributed by atoms with Crippen LogP contribution in [-0.4, -0.2) is 48.0 Å². The van der Waals surface area contributed by atoms with Crippen molar-refractivity contribution in [2.75, 3.05) is 13.2 Å². The van der Waals surface area contributed by atoms with Gasteiger partial charge in [0.1, 0.15) is 6.10 Å². The number of allylic oxidation sites excluding steroid dienone is 2. The molecule has 0 bridgehead atoms. The fourth-order valence-corrected chi connectivity index (χ4v) is 5.20. The molecule has 0 saturated carbocycles. The van der Waals surface area contributed by atoms with Crippen LogP contribution in [0.5, 0.6) is 0 Å². The molecule has 0 radical (unpaired) electrons. The van der Waals surface area contributed by atoms with Crippen molar-refractivity contribution < 1.29 is 23.9 Å². The minimum atomic E-state index is -0.860. The van der Waals surface area contributed by atoms with Gasteiger partial charge in [-0.3, -0.25) is 14.4 Å². The highest BCUT2D eigenvalue weighted by atomic mass is 32.1. The van der Waals surface area contributed by atoms with Gasteiger partial charge in [-0.15, -0.1) is 12.6 Å². The van der Waals surface area contributed by atoms with Crippen LogP contribution in [0, 0.1) is 11.3 Å². The van der Waals surface area contributed by atoms with Crippen molar-refractivity contribution in [2.24, 2.45) is 11.3 Å². The Bertz CT molecular complexity index is 783. The number of thiol groups is 1. The second-order valence-electron chi connectivity index (χ2n) is 12.6. The van der Waals surface area contributed by atoms with Crippen molar-refractivity contribution in [2.45, 2.75) is 149 Å². The lowest BCUT2D eigenvalue weighted by atomic mass is 9.85. The monoisotopic (exact) mass is 582 g/mol. The number of carbonyl (C=O) groups excluding carboxylic acids is 3. The molecule has 0 aromatic carbocycles. The summed E-state index contributed by atoms with van der Waals surface area (Å²) in [5.41, 5.74) is -0.510. The van der Waals surface area contributed by atoms with E-state index in [9.17, 15) is 14.4 Å². The fourth-order valence-electron chi connectivity index (χ4n) is 4.89. The molecule has 0 spiro atoms. The number of hydrogen-bond acceptors (Lipinski definition) is 5. The molecule has 1 saturated heterocycles. The predicted octanol–water partition coefficient (Wildman–Crippen LogP) is 6.90. The molecule has 2 amide bonds. The van der Waals surface area contributed by atoms with Gasteiger partial charge in [0.05, 0.1) is 12.5 Å². The van der Waals surface area contributed by atoms with Crippen LogP contribution in [0.25, 0.3) is 0 Å². The summed E-state index contributed by atoms with van der Waals surface area (Å²) in [4.78, 5) is 37.6. The van der Waals surface area contributed by atoms with Crippen LogP contribution in [0.15, 0.2) is 12.2 Å². The fraction of sp³-hybridized carbons (Fsp3) is 0.844. The van der Waals surface area contributed by atoms with Gasteiger partial charge in [-0.2, -0.15) is 0 Å². The van der Waals surface area contributed by atoms with Gasteiger partial charge in [-0.25, -0.2) is 0 Å². The quantitative estimate of drug-likeness (QED) is 0.0778. The van der Waals surface area contributed by atoms with E-state index in [0.29, 0.717) is 13.0 Å². The van der Waals surface area contributed by atoms with Crippen LogP contribution < -0.4 is 10.6 Å². The maximum Gasteiger partial charge on any atom is 0.249 e. The molecule has 0 aromatic heterocycles. The van der Waals surface area contributed by atoms with Crippen molar-refractivity contribution in [1.82, 2.24) is 10.6 Å². The molecule has 7 nitrogen and oxygen atoms in total. The molecule has 1 aliphatic heterocycles. The molecule has 40 heavy (non-hydrogen) atoms. The minimum absolute atomic E-state index is 0.0766. The number of hydrogen-bond donors (Lipinski definition) is 3. The maximum atomic E-state index is 12.9. The van der Waals surface area contributed by atoms with E-state index in [0.717, 1.165) is 25.7 Å². The van der Waals surface area contributed by atoms with E-state index in [2.05, 4.69) is 42.3 Å². The summed E-state index contributed by atoms with van der Waals surface area (Å²) in [6.45, 7) is 11.9. The molecule has 2 N–H and O–H groups in total. The van der Waals surface area contributed by atoms with Crippen LogP contribution in [0.2, 0.25) is 0 Å². The summed E-state index contributed by atoms with van der Waals surface area (Å²) < 4.78 is 11.6. The highest BCUT2D eigenvalue weighted by Crippen LogP contribution is 2.34. The second kappa shape index (κ2) is 19.7. The normalized spacial score (nSPS) is 19.7. The van der Waals surface area contributed by atoms with Gasteiger partial charge in [0, 0.05) is 24.4 Å². The number of ether oxygens (including phenoxy) is 2.